The van der Waals surface area contributed by atoms with Gasteiger partial charge in [0.1, 0.15) is 10.0 Å². The predicted molar refractivity (Wildman–Crippen MR) is 124 cm³/mol. The first-order valence-corrected chi connectivity index (χ1v) is 10.5. The Morgan fingerprint density at radius 3 is 2.65 bits per heavy atom. The number of fused-ring (bicyclic) bond motifs is 1. The number of nitro groups is 1. The van der Waals surface area contributed by atoms with Gasteiger partial charge < -0.3 is 5.32 Å². The summed E-state index contributed by atoms with van der Waals surface area (Å²) in [5.41, 5.74) is 3.29. The van der Waals surface area contributed by atoms with Gasteiger partial charge in [-0.15, -0.1) is 11.3 Å². The largest absolute Gasteiger partial charge is 0.348 e. The topological polar surface area (TPSA) is 85.1 Å². The smallest absolute Gasteiger partial charge is 0.288 e. The Morgan fingerprint density at radius 2 is 1.90 bits per heavy atom. The predicted octanol–water partition coefficient (Wildman–Crippen LogP) is 5.85. The summed E-state index contributed by atoms with van der Waals surface area (Å²) in [4.78, 5) is 27.1. The van der Waals surface area contributed by atoms with Gasteiger partial charge in [0.2, 0.25) is 5.91 Å². The molecule has 0 unspecified atom stereocenters. The molecule has 0 aliphatic carbocycles. The quantitative estimate of drug-likeness (QED) is 0.227. The van der Waals surface area contributed by atoms with Crippen LogP contribution in [0.2, 0.25) is 5.02 Å². The number of carbonyl (C=O) groups excluding carboxylic acids is 1. The van der Waals surface area contributed by atoms with Gasteiger partial charge in [0, 0.05) is 24.3 Å². The first kappa shape index (κ1) is 20.7. The van der Waals surface area contributed by atoms with E-state index in [0.717, 1.165) is 26.4 Å². The van der Waals surface area contributed by atoms with Crippen LogP contribution < -0.4 is 5.32 Å². The third-order valence-corrected chi connectivity index (χ3v) is 5.96. The van der Waals surface area contributed by atoms with Gasteiger partial charge in [-0.05, 0) is 35.4 Å². The number of carbonyl (C=O) groups is 1. The van der Waals surface area contributed by atoms with Crippen molar-refractivity contribution in [2.75, 3.05) is 0 Å². The molecule has 4 rings (SSSR count). The molecule has 6 nitrogen and oxygen atoms in total. The zero-order valence-corrected chi connectivity index (χ0v) is 17.7. The van der Waals surface area contributed by atoms with Crippen LogP contribution in [0.3, 0.4) is 0 Å². The first-order chi connectivity index (χ1) is 15.0. The van der Waals surface area contributed by atoms with Gasteiger partial charge in [-0.2, -0.15) is 0 Å². The van der Waals surface area contributed by atoms with Gasteiger partial charge >= 0.3 is 0 Å². The highest BCUT2D eigenvalue weighted by atomic mass is 35.5. The second kappa shape index (κ2) is 9.07. The van der Waals surface area contributed by atoms with Crippen molar-refractivity contribution in [3.8, 4) is 10.6 Å². The molecule has 154 valence electrons. The average Bonchev–Trinajstić information content (AvgIpc) is 3.21. The molecule has 1 amide bonds. The fourth-order valence-corrected chi connectivity index (χ4v) is 4.11. The molecule has 1 heterocycles. The van der Waals surface area contributed by atoms with E-state index < -0.39 is 4.92 Å². The molecule has 1 N–H and O–H groups in total. The number of amides is 1. The molecular formula is C23H16ClN3O3S. The molecular weight excluding hydrogens is 434 g/mol. The Kier molecular flexibility index (Phi) is 6.06. The summed E-state index contributed by atoms with van der Waals surface area (Å²) < 4.78 is 1.15. The van der Waals surface area contributed by atoms with Crippen molar-refractivity contribution >= 4 is 50.8 Å². The van der Waals surface area contributed by atoms with Crippen molar-refractivity contribution in [3.63, 3.8) is 0 Å². The number of hydrogen-bond acceptors (Lipinski definition) is 5. The van der Waals surface area contributed by atoms with Crippen molar-refractivity contribution in [3.05, 3.63) is 99.1 Å². The lowest BCUT2D eigenvalue weighted by molar-refractivity contribution is -0.384. The van der Waals surface area contributed by atoms with E-state index in [1.54, 1.807) is 17.4 Å². The van der Waals surface area contributed by atoms with E-state index in [0.29, 0.717) is 12.1 Å². The van der Waals surface area contributed by atoms with Crippen molar-refractivity contribution in [1.29, 1.82) is 0 Å². The number of benzene rings is 3. The fourth-order valence-electron chi connectivity index (χ4n) is 2.95. The minimum absolute atomic E-state index is 0.0564. The number of rotatable bonds is 6. The zero-order chi connectivity index (χ0) is 21.8. The van der Waals surface area contributed by atoms with Crippen molar-refractivity contribution < 1.29 is 9.72 Å². The normalized spacial score (nSPS) is 11.1. The van der Waals surface area contributed by atoms with Gasteiger partial charge in [-0.25, -0.2) is 4.98 Å². The van der Waals surface area contributed by atoms with E-state index in [-0.39, 0.29) is 16.6 Å². The van der Waals surface area contributed by atoms with E-state index in [1.807, 2.05) is 42.5 Å². The van der Waals surface area contributed by atoms with E-state index in [9.17, 15) is 14.9 Å². The van der Waals surface area contributed by atoms with E-state index in [4.69, 9.17) is 11.6 Å². The third kappa shape index (κ3) is 4.96. The summed E-state index contributed by atoms with van der Waals surface area (Å²) >= 11 is 7.44. The molecule has 31 heavy (non-hydrogen) atoms. The maximum Gasteiger partial charge on any atom is 0.288 e. The summed E-state index contributed by atoms with van der Waals surface area (Å²) in [6.07, 6.45) is 2.84. The molecule has 0 aliphatic heterocycles. The van der Waals surface area contributed by atoms with Crippen LogP contribution in [-0.2, 0) is 11.3 Å². The van der Waals surface area contributed by atoms with Gasteiger partial charge in [0.05, 0.1) is 15.1 Å². The number of halogens is 1. The van der Waals surface area contributed by atoms with Crippen LogP contribution in [0.25, 0.3) is 26.9 Å². The molecule has 1 aromatic heterocycles. The molecule has 4 aromatic rings. The molecule has 0 bridgehead atoms. The van der Waals surface area contributed by atoms with E-state index in [1.165, 1.54) is 24.3 Å². The minimum Gasteiger partial charge on any atom is -0.348 e. The highest BCUT2D eigenvalue weighted by molar-refractivity contribution is 7.21. The number of aromatic nitrogens is 1. The third-order valence-electron chi connectivity index (χ3n) is 4.56. The number of nitrogens with zero attached hydrogens (tertiary/aromatic N) is 2. The van der Waals surface area contributed by atoms with Crippen LogP contribution in [0.1, 0.15) is 11.1 Å². The Morgan fingerprint density at radius 1 is 1.13 bits per heavy atom. The molecule has 0 atom stereocenters. The molecule has 3 aromatic carbocycles. The van der Waals surface area contributed by atoms with Crippen molar-refractivity contribution in [2.24, 2.45) is 0 Å². The number of thiazole rings is 1. The number of nitrogens with one attached hydrogen (secondary N) is 1. The first-order valence-electron chi connectivity index (χ1n) is 9.34. The monoisotopic (exact) mass is 449 g/mol. The highest BCUT2D eigenvalue weighted by Crippen LogP contribution is 2.30. The molecule has 0 spiro atoms. The molecule has 0 fully saturated rings. The number of hydrogen-bond donors (Lipinski definition) is 1. The molecule has 0 saturated carbocycles. The maximum atomic E-state index is 12.1. The Labute approximate surface area is 187 Å². The molecule has 0 radical (unpaired) electrons. The van der Waals surface area contributed by atoms with Crippen LogP contribution in [0.4, 0.5) is 5.69 Å². The second-order valence-electron chi connectivity index (χ2n) is 6.70. The fraction of sp³-hybridized carbons (Fsp3) is 0.0435. The lowest BCUT2D eigenvalue weighted by atomic mass is 10.1. The lowest BCUT2D eigenvalue weighted by Crippen LogP contribution is -2.20. The lowest BCUT2D eigenvalue weighted by Gasteiger charge is -2.04. The SMILES string of the molecule is O=C(C=Cc1ccc(Cl)c([N+](=O)[O-])c1)NCc1ccc(-c2nc3ccccc3s2)cc1. The second-order valence-corrected chi connectivity index (χ2v) is 8.14. The van der Waals surface area contributed by atoms with Crippen molar-refractivity contribution in [1.82, 2.24) is 10.3 Å². The Bertz CT molecular complexity index is 1270. The molecule has 0 saturated heterocycles. The van der Waals surface area contributed by atoms with Gasteiger partial charge in [-0.3, -0.25) is 14.9 Å². The van der Waals surface area contributed by atoms with Crippen molar-refractivity contribution in [2.45, 2.75) is 6.54 Å². The van der Waals surface area contributed by atoms with Crippen LogP contribution in [0.5, 0.6) is 0 Å². The maximum absolute atomic E-state index is 12.1. The standard InChI is InChI=1S/C23H16ClN3O3S/c24-18-11-7-15(13-20(18)27(29)30)8-12-22(28)25-14-16-5-9-17(10-6-16)23-26-19-3-1-2-4-21(19)31-23/h1-13H,14H2,(H,25,28). The summed E-state index contributed by atoms with van der Waals surface area (Å²) in [5, 5.41) is 14.8. The molecule has 0 aliphatic rings. The minimum atomic E-state index is -0.558. The van der Waals surface area contributed by atoms with E-state index >= 15 is 0 Å². The highest BCUT2D eigenvalue weighted by Gasteiger charge is 2.11. The van der Waals surface area contributed by atoms with Crippen LogP contribution in [-0.4, -0.2) is 15.8 Å². The Hall–Kier alpha value is -3.55. The van der Waals surface area contributed by atoms with Crippen LogP contribution in [0.15, 0.2) is 72.8 Å². The summed E-state index contributed by atoms with van der Waals surface area (Å²) in [7, 11) is 0. The van der Waals surface area contributed by atoms with Crippen LogP contribution >= 0.6 is 22.9 Å². The number of para-hydroxylation sites is 1. The molecule has 8 heteroatoms. The average molecular weight is 450 g/mol. The van der Waals surface area contributed by atoms with Gasteiger partial charge in [0.25, 0.3) is 5.69 Å². The van der Waals surface area contributed by atoms with Gasteiger partial charge in [0.15, 0.2) is 0 Å². The van der Waals surface area contributed by atoms with Gasteiger partial charge in [-0.1, -0.05) is 54.1 Å². The summed E-state index contributed by atoms with van der Waals surface area (Å²) in [6, 6.07) is 20.3. The zero-order valence-electron chi connectivity index (χ0n) is 16.1. The Balaban J connectivity index is 1.37. The number of nitro benzene ring substituents is 1. The summed E-state index contributed by atoms with van der Waals surface area (Å²) in [5.74, 6) is -0.298. The summed E-state index contributed by atoms with van der Waals surface area (Å²) in [6.45, 7) is 0.365. The van der Waals surface area contributed by atoms with Crippen LogP contribution in [0, 0.1) is 10.1 Å². The van der Waals surface area contributed by atoms with E-state index in [2.05, 4.69) is 16.4 Å².